The number of ether oxygens (including phenoxy) is 1. The van der Waals surface area contributed by atoms with Crippen LogP contribution in [0, 0.1) is 0 Å². The highest BCUT2D eigenvalue weighted by molar-refractivity contribution is 5.49. The van der Waals surface area contributed by atoms with Gasteiger partial charge in [-0.05, 0) is 51.0 Å². The van der Waals surface area contributed by atoms with Crippen molar-refractivity contribution in [2.45, 2.75) is 38.8 Å². The number of hydrogen-bond acceptors (Lipinski definition) is 3. The number of benzene rings is 1. The van der Waals surface area contributed by atoms with Crippen molar-refractivity contribution < 1.29 is 4.74 Å². The van der Waals surface area contributed by atoms with E-state index in [1.54, 1.807) is 7.11 Å². The smallest absolute Gasteiger partial charge is 0.119 e. The molecule has 2 atom stereocenters. The van der Waals surface area contributed by atoms with Gasteiger partial charge in [-0.1, -0.05) is 0 Å². The lowest BCUT2D eigenvalue weighted by atomic mass is 10.1. The van der Waals surface area contributed by atoms with Gasteiger partial charge >= 0.3 is 0 Å². The van der Waals surface area contributed by atoms with Crippen molar-refractivity contribution in [2.24, 2.45) is 0 Å². The van der Waals surface area contributed by atoms with Crippen LogP contribution >= 0.6 is 0 Å². The molecule has 1 aliphatic heterocycles. The first-order valence-corrected chi connectivity index (χ1v) is 6.84. The summed E-state index contributed by atoms with van der Waals surface area (Å²) in [6.07, 6.45) is 2.38. The molecule has 0 radical (unpaired) electrons. The molecule has 1 aromatic carbocycles. The monoisotopic (exact) mass is 248 g/mol. The summed E-state index contributed by atoms with van der Waals surface area (Å²) in [6.45, 7) is 6.78. The Kier molecular flexibility index (Phi) is 4.48. The van der Waals surface area contributed by atoms with Crippen LogP contribution in [-0.4, -0.2) is 32.3 Å². The molecule has 1 aliphatic rings. The Morgan fingerprint density at radius 1 is 1.06 bits per heavy atom. The molecule has 0 amide bonds. The molecular formula is C15H24N2O. The Balaban J connectivity index is 2.05. The Morgan fingerprint density at radius 3 is 2.11 bits per heavy atom. The van der Waals surface area contributed by atoms with Crippen LogP contribution in [0.1, 0.15) is 26.7 Å². The van der Waals surface area contributed by atoms with Gasteiger partial charge in [-0.3, -0.25) is 0 Å². The van der Waals surface area contributed by atoms with Crippen LogP contribution in [0.25, 0.3) is 0 Å². The molecule has 3 nitrogen and oxygen atoms in total. The number of nitrogens with one attached hydrogen (secondary N) is 1. The minimum atomic E-state index is 0.598. The van der Waals surface area contributed by atoms with Crippen LogP contribution in [0.15, 0.2) is 24.3 Å². The van der Waals surface area contributed by atoms with Gasteiger partial charge in [0.15, 0.2) is 0 Å². The summed E-state index contributed by atoms with van der Waals surface area (Å²) in [6, 6.07) is 9.59. The average Bonchev–Trinajstić information content (AvgIpc) is 2.37. The quantitative estimate of drug-likeness (QED) is 0.871. The zero-order chi connectivity index (χ0) is 13.0. The molecular weight excluding hydrogens is 224 g/mol. The van der Waals surface area contributed by atoms with Gasteiger partial charge in [-0.25, -0.2) is 0 Å². The maximum atomic E-state index is 5.21. The molecule has 100 valence electrons. The molecule has 2 unspecified atom stereocenters. The number of rotatable bonds is 2. The summed E-state index contributed by atoms with van der Waals surface area (Å²) in [5.41, 5.74) is 1.30. The largest absolute Gasteiger partial charge is 0.497 e. The maximum Gasteiger partial charge on any atom is 0.119 e. The molecule has 1 heterocycles. The maximum absolute atomic E-state index is 5.21. The molecule has 3 heteroatoms. The van der Waals surface area contributed by atoms with Crippen molar-refractivity contribution in [1.29, 1.82) is 0 Å². The number of hydrogen-bond donors (Lipinski definition) is 1. The van der Waals surface area contributed by atoms with Crippen LogP contribution in [0.2, 0.25) is 0 Å². The van der Waals surface area contributed by atoms with Crippen molar-refractivity contribution in [3.8, 4) is 5.75 Å². The van der Waals surface area contributed by atoms with E-state index in [4.69, 9.17) is 4.74 Å². The first-order valence-electron chi connectivity index (χ1n) is 6.84. The van der Waals surface area contributed by atoms with E-state index in [-0.39, 0.29) is 0 Å². The van der Waals surface area contributed by atoms with Crippen LogP contribution in [0.3, 0.4) is 0 Å². The molecule has 1 saturated heterocycles. The molecule has 0 bridgehead atoms. The highest BCUT2D eigenvalue weighted by Gasteiger charge is 2.16. The van der Waals surface area contributed by atoms with Crippen molar-refractivity contribution in [3.63, 3.8) is 0 Å². The Morgan fingerprint density at radius 2 is 1.61 bits per heavy atom. The summed E-state index contributed by atoms with van der Waals surface area (Å²) < 4.78 is 5.21. The van der Waals surface area contributed by atoms with Crippen LogP contribution < -0.4 is 15.0 Å². The Hall–Kier alpha value is -1.22. The van der Waals surface area contributed by atoms with Crippen molar-refractivity contribution in [1.82, 2.24) is 5.32 Å². The van der Waals surface area contributed by atoms with Gasteiger partial charge in [0.1, 0.15) is 5.75 Å². The second-order valence-electron chi connectivity index (χ2n) is 5.23. The van der Waals surface area contributed by atoms with E-state index in [1.807, 2.05) is 12.1 Å². The number of anilines is 1. The molecule has 0 aromatic heterocycles. The van der Waals surface area contributed by atoms with Gasteiger partial charge in [0, 0.05) is 30.9 Å². The Labute approximate surface area is 110 Å². The minimum absolute atomic E-state index is 0.598. The lowest BCUT2D eigenvalue weighted by molar-refractivity contribution is 0.403. The predicted octanol–water partition coefficient (Wildman–Crippen LogP) is 2.66. The first kappa shape index (κ1) is 13.2. The molecule has 2 rings (SSSR count). The van der Waals surface area contributed by atoms with Gasteiger partial charge in [-0.2, -0.15) is 0 Å². The number of nitrogens with zero attached hydrogens (tertiary/aromatic N) is 1. The van der Waals surface area contributed by atoms with Crippen LogP contribution in [0.4, 0.5) is 5.69 Å². The second kappa shape index (κ2) is 6.10. The summed E-state index contributed by atoms with van der Waals surface area (Å²) in [4.78, 5) is 2.48. The second-order valence-corrected chi connectivity index (χ2v) is 5.23. The van der Waals surface area contributed by atoms with E-state index < -0.39 is 0 Å². The molecule has 0 aliphatic carbocycles. The third-order valence-corrected chi connectivity index (χ3v) is 3.67. The molecule has 0 spiro atoms. The van der Waals surface area contributed by atoms with Gasteiger partial charge in [0.25, 0.3) is 0 Å². The highest BCUT2D eigenvalue weighted by Crippen LogP contribution is 2.21. The summed E-state index contributed by atoms with van der Waals surface area (Å²) in [7, 11) is 1.71. The van der Waals surface area contributed by atoms with Gasteiger partial charge < -0.3 is 15.0 Å². The fourth-order valence-corrected chi connectivity index (χ4v) is 2.51. The molecule has 0 saturated carbocycles. The standard InChI is InChI=1S/C15H24N2O/c1-12-8-10-17(11-9-13(2)16-12)14-4-6-15(18-3)7-5-14/h4-7,12-13,16H,8-11H2,1-3H3. The van der Waals surface area contributed by atoms with E-state index in [0.29, 0.717) is 12.1 Å². The van der Waals surface area contributed by atoms with Gasteiger partial charge in [-0.15, -0.1) is 0 Å². The third-order valence-electron chi connectivity index (χ3n) is 3.67. The predicted molar refractivity (Wildman–Crippen MR) is 76.5 cm³/mol. The van der Waals surface area contributed by atoms with E-state index >= 15 is 0 Å². The number of methoxy groups -OCH3 is 1. The SMILES string of the molecule is COc1ccc(N2CCC(C)NC(C)CC2)cc1. The van der Waals surface area contributed by atoms with E-state index in [2.05, 4.69) is 36.2 Å². The zero-order valence-corrected chi connectivity index (χ0v) is 11.6. The summed E-state index contributed by atoms with van der Waals surface area (Å²) >= 11 is 0. The molecule has 1 aromatic rings. The topological polar surface area (TPSA) is 24.5 Å². The Bertz CT molecular complexity index is 351. The lowest BCUT2D eigenvalue weighted by Crippen LogP contribution is -2.43. The molecule has 1 N–H and O–H groups in total. The first-order chi connectivity index (χ1) is 8.69. The highest BCUT2D eigenvalue weighted by atomic mass is 16.5. The minimum Gasteiger partial charge on any atom is -0.497 e. The van der Waals surface area contributed by atoms with Crippen LogP contribution in [-0.2, 0) is 0 Å². The van der Waals surface area contributed by atoms with E-state index in [0.717, 1.165) is 18.8 Å². The molecule has 18 heavy (non-hydrogen) atoms. The third kappa shape index (κ3) is 3.39. The van der Waals surface area contributed by atoms with Crippen molar-refractivity contribution in [2.75, 3.05) is 25.1 Å². The normalized spacial score (nSPS) is 25.4. The fourth-order valence-electron chi connectivity index (χ4n) is 2.51. The van der Waals surface area contributed by atoms with Crippen molar-refractivity contribution >= 4 is 5.69 Å². The van der Waals surface area contributed by atoms with Crippen LogP contribution in [0.5, 0.6) is 5.75 Å². The van der Waals surface area contributed by atoms with Gasteiger partial charge in [0.05, 0.1) is 7.11 Å². The zero-order valence-electron chi connectivity index (χ0n) is 11.6. The average molecular weight is 248 g/mol. The summed E-state index contributed by atoms with van der Waals surface area (Å²) in [5.74, 6) is 0.925. The molecule has 1 fully saturated rings. The fraction of sp³-hybridized carbons (Fsp3) is 0.600. The lowest BCUT2D eigenvalue weighted by Gasteiger charge is -2.32. The van der Waals surface area contributed by atoms with E-state index in [9.17, 15) is 0 Å². The van der Waals surface area contributed by atoms with E-state index in [1.165, 1.54) is 18.5 Å². The van der Waals surface area contributed by atoms with Gasteiger partial charge in [0.2, 0.25) is 0 Å². The van der Waals surface area contributed by atoms with Crippen molar-refractivity contribution in [3.05, 3.63) is 24.3 Å². The summed E-state index contributed by atoms with van der Waals surface area (Å²) in [5, 5.41) is 3.63.